The number of hydrogen-bond acceptors (Lipinski definition) is 5. The standard InChI is InChI=1S/C20H23NO4/c1-21-7-6-14-8-18(22-2)19(23-3)10-15(14)16(11-21)13-4-5-17-20(9-13)25-12-24-17/h4-5,8-10,16H,6-7,11-12H2,1-3H3. The number of methoxy groups -OCH3 is 2. The molecule has 0 fully saturated rings. The van der Waals surface area contributed by atoms with Crippen molar-refractivity contribution in [2.75, 3.05) is 41.1 Å². The summed E-state index contributed by atoms with van der Waals surface area (Å²) in [5.41, 5.74) is 3.83. The molecule has 2 aromatic carbocycles. The van der Waals surface area contributed by atoms with Gasteiger partial charge in [0.05, 0.1) is 14.2 Å². The third-order valence-corrected chi connectivity index (χ3v) is 5.08. The molecule has 1 atom stereocenters. The average Bonchev–Trinajstić information content (AvgIpc) is 3.05. The molecule has 0 aromatic heterocycles. The summed E-state index contributed by atoms with van der Waals surface area (Å²) in [6.07, 6.45) is 0.993. The Morgan fingerprint density at radius 1 is 1.00 bits per heavy atom. The van der Waals surface area contributed by atoms with E-state index in [1.807, 2.05) is 6.07 Å². The maximum absolute atomic E-state index is 5.58. The van der Waals surface area contributed by atoms with Crippen molar-refractivity contribution in [3.63, 3.8) is 0 Å². The summed E-state index contributed by atoms with van der Waals surface area (Å²) in [5.74, 6) is 3.45. The van der Waals surface area contributed by atoms with Crippen LogP contribution in [0, 0.1) is 0 Å². The van der Waals surface area contributed by atoms with Gasteiger partial charge in [0.1, 0.15) is 0 Å². The fourth-order valence-electron chi connectivity index (χ4n) is 3.71. The normalized spacial score (nSPS) is 19.2. The van der Waals surface area contributed by atoms with E-state index >= 15 is 0 Å². The Morgan fingerprint density at radius 2 is 1.76 bits per heavy atom. The molecule has 2 aromatic rings. The molecule has 25 heavy (non-hydrogen) atoms. The number of rotatable bonds is 3. The highest BCUT2D eigenvalue weighted by Gasteiger charge is 2.26. The number of benzene rings is 2. The Kier molecular flexibility index (Phi) is 4.17. The van der Waals surface area contributed by atoms with Crippen LogP contribution in [0.4, 0.5) is 0 Å². The molecule has 0 aliphatic carbocycles. The summed E-state index contributed by atoms with van der Waals surface area (Å²) in [4.78, 5) is 2.37. The summed E-state index contributed by atoms with van der Waals surface area (Å²) in [5, 5.41) is 0. The minimum Gasteiger partial charge on any atom is -0.493 e. The molecule has 2 aliphatic rings. The Morgan fingerprint density at radius 3 is 2.56 bits per heavy atom. The molecule has 0 N–H and O–H groups in total. The van der Waals surface area contributed by atoms with Gasteiger partial charge >= 0.3 is 0 Å². The molecular formula is C20H23NO4. The lowest BCUT2D eigenvalue weighted by Crippen LogP contribution is -2.24. The topological polar surface area (TPSA) is 40.2 Å². The van der Waals surface area contributed by atoms with E-state index in [0.29, 0.717) is 6.79 Å². The van der Waals surface area contributed by atoms with Gasteiger partial charge in [0.25, 0.3) is 0 Å². The number of hydrogen-bond donors (Lipinski definition) is 0. The van der Waals surface area contributed by atoms with Gasteiger partial charge in [-0.2, -0.15) is 0 Å². The predicted molar refractivity (Wildman–Crippen MR) is 95.2 cm³/mol. The third-order valence-electron chi connectivity index (χ3n) is 5.08. The second kappa shape index (κ2) is 6.48. The van der Waals surface area contributed by atoms with Crippen LogP contribution in [0.25, 0.3) is 0 Å². The molecule has 132 valence electrons. The largest absolute Gasteiger partial charge is 0.493 e. The molecule has 2 heterocycles. The molecule has 0 saturated heterocycles. The highest BCUT2D eigenvalue weighted by Crippen LogP contribution is 2.41. The van der Waals surface area contributed by atoms with E-state index in [1.54, 1.807) is 14.2 Å². The second-order valence-corrected chi connectivity index (χ2v) is 6.58. The van der Waals surface area contributed by atoms with Crippen molar-refractivity contribution in [3.8, 4) is 23.0 Å². The van der Waals surface area contributed by atoms with E-state index in [0.717, 1.165) is 42.5 Å². The van der Waals surface area contributed by atoms with E-state index in [2.05, 4.69) is 36.2 Å². The van der Waals surface area contributed by atoms with Crippen LogP contribution in [-0.4, -0.2) is 46.0 Å². The molecule has 5 nitrogen and oxygen atoms in total. The summed E-state index contributed by atoms with van der Waals surface area (Å²) in [6, 6.07) is 10.5. The van der Waals surface area contributed by atoms with Gasteiger partial charge in [-0.3, -0.25) is 0 Å². The first kappa shape index (κ1) is 16.1. The Balaban J connectivity index is 1.82. The zero-order chi connectivity index (χ0) is 17.4. The molecular weight excluding hydrogens is 318 g/mol. The van der Waals surface area contributed by atoms with E-state index < -0.39 is 0 Å². The molecule has 5 heteroatoms. The quantitative estimate of drug-likeness (QED) is 0.858. The first-order valence-electron chi connectivity index (χ1n) is 8.52. The smallest absolute Gasteiger partial charge is 0.231 e. The molecule has 2 aliphatic heterocycles. The van der Waals surface area contributed by atoms with Crippen LogP contribution in [0.3, 0.4) is 0 Å². The molecule has 1 unspecified atom stereocenters. The second-order valence-electron chi connectivity index (χ2n) is 6.58. The van der Waals surface area contributed by atoms with Crippen LogP contribution in [-0.2, 0) is 6.42 Å². The number of ether oxygens (including phenoxy) is 4. The van der Waals surface area contributed by atoms with Crippen LogP contribution in [0.1, 0.15) is 22.6 Å². The van der Waals surface area contributed by atoms with Gasteiger partial charge in [-0.15, -0.1) is 0 Å². The minimum absolute atomic E-state index is 0.247. The Labute approximate surface area is 148 Å². The van der Waals surface area contributed by atoms with Crippen LogP contribution in [0.2, 0.25) is 0 Å². The molecule has 0 radical (unpaired) electrons. The van der Waals surface area contributed by atoms with Crippen molar-refractivity contribution in [1.29, 1.82) is 0 Å². The molecule has 0 spiro atoms. The lowest BCUT2D eigenvalue weighted by atomic mass is 9.87. The van der Waals surface area contributed by atoms with E-state index in [1.165, 1.54) is 16.7 Å². The van der Waals surface area contributed by atoms with Gasteiger partial charge in [-0.1, -0.05) is 6.07 Å². The van der Waals surface area contributed by atoms with Gasteiger partial charge in [-0.05, 0) is 54.4 Å². The van der Waals surface area contributed by atoms with Gasteiger partial charge in [0.2, 0.25) is 6.79 Å². The van der Waals surface area contributed by atoms with Crippen molar-refractivity contribution < 1.29 is 18.9 Å². The van der Waals surface area contributed by atoms with Gasteiger partial charge < -0.3 is 23.8 Å². The average molecular weight is 341 g/mol. The van der Waals surface area contributed by atoms with Crippen LogP contribution < -0.4 is 18.9 Å². The van der Waals surface area contributed by atoms with E-state index in [4.69, 9.17) is 18.9 Å². The van der Waals surface area contributed by atoms with Crippen LogP contribution in [0.15, 0.2) is 30.3 Å². The summed E-state index contributed by atoms with van der Waals surface area (Å²) in [6.45, 7) is 2.26. The summed E-state index contributed by atoms with van der Waals surface area (Å²) < 4.78 is 22.1. The predicted octanol–water partition coefficient (Wildman–Crippen LogP) is 3.05. The van der Waals surface area contributed by atoms with Crippen molar-refractivity contribution in [1.82, 2.24) is 4.90 Å². The maximum atomic E-state index is 5.58. The summed E-state index contributed by atoms with van der Waals surface area (Å²) >= 11 is 0. The number of nitrogens with zero attached hydrogens (tertiary/aromatic N) is 1. The van der Waals surface area contributed by atoms with Gasteiger partial charge in [0, 0.05) is 19.0 Å². The highest BCUT2D eigenvalue weighted by atomic mass is 16.7. The fourth-order valence-corrected chi connectivity index (χ4v) is 3.71. The molecule has 0 saturated carbocycles. The number of likely N-dealkylation sites (N-methyl/N-ethyl adjacent to an activating group) is 1. The van der Waals surface area contributed by atoms with Crippen LogP contribution in [0.5, 0.6) is 23.0 Å². The SMILES string of the molecule is COc1cc2c(cc1OC)C(c1ccc3c(c1)OCO3)CN(C)CC2. The van der Waals surface area contributed by atoms with Gasteiger partial charge in [0.15, 0.2) is 23.0 Å². The zero-order valence-corrected chi connectivity index (χ0v) is 14.9. The Hall–Kier alpha value is -2.40. The first-order valence-corrected chi connectivity index (χ1v) is 8.52. The Bertz CT molecular complexity index is 790. The fraction of sp³-hybridized carbons (Fsp3) is 0.400. The first-order chi connectivity index (χ1) is 12.2. The third kappa shape index (κ3) is 2.89. The highest BCUT2D eigenvalue weighted by molar-refractivity contribution is 5.53. The molecule has 0 bridgehead atoms. The van der Waals surface area contributed by atoms with Crippen molar-refractivity contribution >= 4 is 0 Å². The van der Waals surface area contributed by atoms with Crippen molar-refractivity contribution in [2.24, 2.45) is 0 Å². The summed E-state index contributed by atoms with van der Waals surface area (Å²) in [7, 11) is 5.53. The molecule has 0 amide bonds. The van der Waals surface area contributed by atoms with E-state index in [-0.39, 0.29) is 5.92 Å². The number of fused-ring (bicyclic) bond motifs is 2. The zero-order valence-electron chi connectivity index (χ0n) is 14.9. The minimum atomic E-state index is 0.247. The molecule has 4 rings (SSSR count). The van der Waals surface area contributed by atoms with E-state index in [9.17, 15) is 0 Å². The van der Waals surface area contributed by atoms with Gasteiger partial charge in [-0.25, -0.2) is 0 Å². The lowest BCUT2D eigenvalue weighted by Gasteiger charge is -2.23. The van der Waals surface area contributed by atoms with Crippen LogP contribution >= 0.6 is 0 Å². The van der Waals surface area contributed by atoms with Crippen molar-refractivity contribution in [3.05, 3.63) is 47.0 Å². The maximum Gasteiger partial charge on any atom is 0.231 e. The lowest BCUT2D eigenvalue weighted by molar-refractivity contribution is 0.174. The van der Waals surface area contributed by atoms with Crippen molar-refractivity contribution in [2.45, 2.75) is 12.3 Å². The monoisotopic (exact) mass is 341 g/mol.